The molecule has 0 rings (SSSR count). The maximum absolute atomic E-state index is 9.47. The predicted molar refractivity (Wildman–Crippen MR) is 28.2 cm³/mol. The third-order valence-corrected chi connectivity index (χ3v) is 0.494. The summed E-state index contributed by atoms with van der Waals surface area (Å²) >= 11 is 0. The normalized spacial score (nSPS) is 6.50. The van der Waals surface area contributed by atoms with E-state index in [-0.39, 0.29) is 12.4 Å². The molecule has 0 aromatic rings. The molecule has 0 aromatic carbocycles. The van der Waals surface area contributed by atoms with Crippen LogP contribution in [0.25, 0.3) is 0 Å². The topological polar surface area (TPSA) is 89.6 Å². The Bertz CT molecular complexity index is 185. The Morgan fingerprint density at radius 3 is 1.88 bits per heavy atom. The zero-order chi connectivity index (χ0) is 5.86. The summed E-state index contributed by atoms with van der Waals surface area (Å²) in [5, 5.41) is 0. The number of rotatable bonds is 0. The first kappa shape index (κ1) is 10.4. The maximum Gasteiger partial charge on any atom is 0.353 e. The number of hydrogen-bond donors (Lipinski definition) is 1. The van der Waals surface area contributed by atoms with E-state index in [1.165, 1.54) is 0 Å². The Morgan fingerprint density at radius 2 is 1.88 bits per heavy atom. The van der Waals surface area contributed by atoms with Crippen molar-refractivity contribution in [3.05, 3.63) is 0 Å². The van der Waals surface area contributed by atoms with E-state index in [0.29, 0.717) is 0 Å². The lowest BCUT2D eigenvalue weighted by Crippen LogP contribution is -2.02. The van der Waals surface area contributed by atoms with Crippen molar-refractivity contribution in [1.29, 1.82) is 0 Å². The quantitative estimate of drug-likeness (QED) is 0.518. The Hall–Kier alpha value is -0.620. The zero-order valence-electron chi connectivity index (χ0n) is 3.57. The minimum Gasteiger partial charge on any atom is -0.349 e. The Kier molecular flexibility index (Phi) is 5.89. The van der Waals surface area contributed by atoms with Gasteiger partial charge in [0.15, 0.2) is 0 Å². The van der Waals surface area contributed by atoms with E-state index >= 15 is 0 Å². The van der Waals surface area contributed by atoms with Crippen LogP contribution >= 0.6 is 12.4 Å². The molecule has 0 spiro atoms. The van der Waals surface area contributed by atoms with E-state index < -0.39 is 16.5 Å². The van der Waals surface area contributed by atoms with Gasteiger partial charge in [-0.15, -0.1) is 12.4 Å². The molecule has 7 heteroatoms. The first-order valence-corrected chi connectivity index (χ1v) is 2.26. The highest BCUT2D eigenvalue weighted by Crippen LogP contribution is 1.60. The van der Waals surface area contributed by atoms with E-state index in [1.807, 2.05) is 0 Å². The van der Waals surface area contributed by atoms with Gasteiger partial charge in [-0.2, -0.15) is 8.42 Å². The first-order valence-electron chi connectivity index (χ1n) is 1.23. The van der Waals surface area contributed by atoms with Crippen molar-refractivity contribution in [2.24, 2.45) is 10.1 Å². The smallest absolute Gasteiger partial charge is 0.349 e. The van der Waals surface area contributed by atoms with Crippen molar-refractivity contribution in [2.75, 3.05) is 0 Å². The van der Waals surface area contributed by atoms with Crippen LogP contribution in [0.4, 0.5) is 4.79 Å². The molecule has 0 heterocycles. The van der Waals surface area contributed by atoms with Gasteiger partial charge in [-0.25, -0.2) is 4.79 Å². The standard InChI is InChI=1S/CH2N2O3S.ClH/c2-1(4)3-7(5)6;/h(H2,2,4);1H. The lowest BCUT2D eigenvalue weighted by atomic mass is 11.2. The second-order valence-electron chi connectivity index (χ2n) is 0.647. The Labute approximate surface area is 53.0 Å². The van der Waals surface area contributed by atoms with Crippen LogP contribution < -0.4 is 5.73 Å². The van der Waals surface area contributed by atoms with Crippen LogP contribution in [0.5, 0.6) is 0 Å². The minimum atomic E-state index is -2.70. The zero-order valence-corrected chi connectivity index (χ0v) is 5.20. The summed E-state index contributed by atoms with van der Waals surface area (Å²) in [5.41, 5.74) is 4.29. The molecular formula is CH3ClN2O3S. The van der Waals surface area contributed by atoms with Crippen molar-refractivity contribution in [3.8, 4) is 0 Å². The number of primary amides is 1. The second-order valence-corrected chi connectivity index (χ2v) is 1.26. The lowest BCUT2D eigenvalue weighted by molar-refractivity contribution is 0.257. The predicted octanol–water partition coefficient (Wildman–Crippen LogP) is -0.450. The van der Waals surface area contributed by atoms with Crippen LogP contribution in [0.2, 0.25) is 0 Å². The highest BCUT2D eigenvalue weighted by molar-refractivity contribution is 7.62. The summed E-state index contributed by atoms with van der Waals surface area (Å²) in [7, 11) is -2.70. The van der Waals surface area contributed by atoms with Crippen molar-refractivity contribution < 1.29 is 13.2 Å². The number of nitrogens with zero attached hydrogens (tertiary/aromatic N) is 1. The molecule has 8 heavy (non-hydrogen) atoms. The molecule has 0 aliphatic heterocycles. The van der Waals surface area contributed by atoms with Gasteiger partial charge in [-0.3, -0.25) is 0 Å². The number of halogens is 1. The van der Waals surface area contributed by atoms with Gasteiger partial charge >= 0.3 is 16.5 Å². The first-order chi connectivity index (χ1) is 3.13. The van der Waals surface area contributed by atoms with Crippen LogP contribution in [0, 0.1) is 0 Å². The number of urea groups is 1. The SMILES string of the molecule is Cl.NC(=O)N=S(=O)=O. The Balaban J connectivity index is 0. The lowest BCUT2D eigenvalue weighted by Gasteiger charge is -1.64. The summed E-state index contributed by atoms with van der Waals surface area (Å²) in [5.74, 6) is 0. The van der Waals surface area contributed by atoms with E-state index in [9.17, 15) is 13.2 Å². The van der Waals surface area contributed by atoms with Gasteiger partial charge in [0.1, 0.15) is 0 Å². The monoisotopic (exact) mass is 158 g/mol. The molecular weight excluding hydrogens is 156 g/mol. The Morgan fingerprint density at radius 1 is 1.50 bits per heavy atom. The maximum atomic E-state index is 9.47. The summed E-state index contributed by atoms with van der Waals surface area (Å²) in [6, 6.07) is -1.20. The fourth-order valence-corrected chi connectivity index (χ4v) is 0.220. The van der Waals surface area contributed by atoms with Gasteiger partial charge < -0.3 is 5.73 Å². The number of nitrogens with two attached hydrogens (primary N) is 1. The summed E-state index contributed by atoms with van der Waals surface area (Å²) < 4.78 is 21.0. The molecule has 0 radical (unpaired) electrons. The molecule has 0 aliphatic carbocycles. The number of carbonyl (C=O) groups is 1. The van der Waals surface area contributed by atoms with Crippen molar-refractivity contribution >= 4 is 28.9 Å². The van der Waals surface area contributed by atoms with E-state index in [2.05, 4.69) is 10.1 Å². The van der Waals surface area contributed by atoms with E-state index in [0.717, 1.165) is 0 Å². The largest absolute Gasteiger partial charge is 0.353 e. The van der Waals surface area contributed by atoms with Gasteiger partial charge in [-0.1, -0.05) is 4.36 Å². The fourth-order valence-electron chi connectivity index (χ4n) is 0.0735. The molecule has 0 saturated carbocycles. The van der Waals surface area contributed by atoms with Crippen molar-refractivity contribution in [2.45, 2.75) is 0 Å². The molecule has 0 aromatic heterocycles. The number of carbonyl (C=O) groups excluding carboxylic acids is 1. The van der Waals surface area contributed by atoms with Crippen LogP contribution in [0.15, 0.2) is 4.36 Å². The highest BCUT2D eigenvalue weighted by atomic mass is 35.5. The minimum absolute atomic E-state index is 0. The fraction of sp³-hybridized carbons (Fsp3) is 0. The molecule has 48 valence electrons. The molecule has 0 atom stereocenters. The molecule has 0 unspecified atom stereocenters. The van der Waals surface area contributed by atoms with Gasteiger partial charge in [0.2, 0.25) is 0 Å². The third-order valence-electron chi connectivity index (χ3n) is 0.165. The van der Waals surface area contributed by atoms with E-state index in [4.69, 9.17) is 0 Å². The van der Waals surface area contributed by atoms with Crippen molar-refractivity contribution in [1.82, 2.24) is 0 Å². The number of hydrogen-bond acceptors (Lipinski definition) is 3. The molecule has 0 aliphatic rings. The van der Waals surface area contributed by atoms with Gasteiger partial charge in [0, 0.05) is 0 Å². The number of amides is 2. The van der Waals surface area contributed by atoms with Crippen LogP contribution in [0.3, 0.4) is 0 Å². The summed E-state index contributed by atoms with van der Waals surface area (Å²) in [6.45, 7) is 0. The van der Waals surface area contributed by atoms with Crippen LogP contribution in [-0.4, -0.2) is 14.4 Å². The van der Waals surface area contributed by atoms with Gasteiger partial charge in [0.05, 0.1) is 0 Å². The molecule has 5 nitrogen and oxygen atoms in total. The summed E-state index contributed by atoms with van der Waals surface area (Å²) in [6.07, 6.45) is 0. The van der Waals surface area contributed by atoms with E-state index in [1.54, 1.807) is 0 Å². The molecule has 0 bridgehead atoms. The molecule has 0 fully saturated rings. The van der Waals surface area contributed by atoms with Gasteiger partial charge in [-0.05, 0) is 0 Å². The van der Waals surface area contributed by atoms with Crippen LogP contribution in [-0.2, 0) is 10.5 Å². The average Bonchev–Trinajstić information content (AvgIpc) is 1.27. The van der Waals surface area contributed by atoms with Crippen molar-refractivity contribution in [3.63, 3.8) is 0 Å². The third kappa shape index (κ3) is 9.03. The molecule has 2 amide bonds. The average molecular weight is 159 g/mol. The summed E-state index contributed by atoms with van der Waals surface area (Å²) in [4.78, 5) is 9.47. The second kappa shape index (κ2) is 4.54. The van der Waals surface area contributed by atoms with Gasteiger partial charge in [0.25, 0.3) is 0 Å². The highest BCUT2D eigenvalue weighted by Gasteiger charge is 1.80. The molecule has 2 N–H and O–H groups in total. The van der Waals surface area contributed by atoms with Crippen LogP contribution in [0.1, 0.15) is 0 Å². The molecule has 0 saturated heterocycles.